The van der Waals surface area contributed by atoms with E-state index in [9.17, 15) is 0 Å². The highest BCUT2D eigenvalue weighted by Gasteiger charge is 2.28. The zero-order valence-corrected chi connectivity index (χ0v) is 11.3. The summed E-state index contributed by atoms with van der Waals surface area (Å²) in [6.45, 7) is 0. The third-order valence-corrected chi connectivity index (χ3v) is 4.53. The Morgan fingerprint density at radius 1 is 1.47 bits per heavy atom. The molecule has 0 spiro atoms. The van der Waals surface area contributed by atoms with Crippen LogP contribution in [0.3, 0.4) is 0 Å². The number of nitrogens with zero attached hydrogens (tertiary/aromatic N) is 1. The van der Waals surface area contributed by atoms with E-state index < -0.39 is 0 Å². The summed E-state index contributed by atoms with van der Waals surface area (Å²) in [5.41, 5.74) is 8.17. The Kier molecular flexibility index (Phi) is 4.95. The second-order valence-electron chi connectivity index (χ2n) is 4.93. The molecule has 0 amide bonds. The first kappa shape index (κ1) is 13.0. The predicted octanol–water partition coefficient (Wildman–Crippen LogP) is 2.61. The number of methoxy groups -OCH3 is 1. The van der Waals surface area contributed by atoms with E-state index in [0.717, 1.165) is 6.42 Å². The first-order valence-corrected chi connectivity index (χ1v) is 7.35. The van der Waals surface area contributed by atoms with Crippen LogP contribution in [0.25, 0.3) is 0 Å². The van der Waals surface area contributed by atoms with Crippen LogP contribution in [0.1, 0.15) is 37.0 Å². The van der Waals surface area contributed by atoms with E-state index in [-0.39, 0.29) is 12.1 Å². The normalized spacial score (nSPS) is 21.3. The predicted molar refractivity (Wildman–Crippen MR) is 71.2 cm³/mol. The molecule has 1 aliphatic rings. The SMILES string of the molecule is COC(C(N)Cc1cncs1)C1CCCCC1. The van der Waals surface area contributed by atoms with Crippen LogP contribution in [0.2, 0.25) is 0 Å². The largest absolute Gasteiger partial charge is 0.380 e. The van der Waals surface area contributed by atoms with Gasteiger partial charge in [0.2, 0.25) is 0 Å². The van der Waals surface area contributed by atoms with E-state index in [4.69, 9.17) is 10.5 Å². The number of hydrogen-bond donors (Lipinski definition) is 1. The summed E-state index contributed by atoms with van der Waals surface area (Å²) in [4.78, 5) is 5.35. The van der Waals surface area contributed by atoms with Crippen molar-refractivity contribution in [3.8, 4) is 0 Å². The van der Waals surface area contributed by atoms with Gasteiger partial charge in [-0.3, -0.25) is 4.98 Å². The van der Waals surface area contributed by atoms with Gasteiger partial charge in [-0.05, 0) is 18.8 Å². The molecule has 17 heavy (non-hydrogen) atoms. The van der Waals surface area contributed by atoms with E-state index in [1.54, 1.807) is 18.4 Å². The second-order valence-corrected chi connectivity index (χ2v) is 5.91. The van der Waals surface area contributed by atoms with Gasteiger partial charge >= 0.3 is 0 Å². The summed E-state index contributed by atoms with van der Waals surface area (Å²) in [6, 6.07) is 0.101. The molecule has 2 atom stereocenters. The minimum absolute atomic E-state index is 0.101. The molecule has 2 rings (SSSR count). The summed E-state index contributed by atoms with van der Waals surface area (Å²) >= 11 is 1.68. The van der Waals surface area contributed by atoms with E-state index in [2.05, 4.69) is 4.98 Å². The Morgan fingerprint density at radius 3 is 2.82 bits per heavy atom. The molecule has 0 bridgehead atoms. The number of ether oxygens (including phenoxy) is 1. The standard InChI is InChI=1S/C13H22N2OS/c1-16-13(10-5-3-2-4-6-10)12(14)7-11-8-15-9-17-11/h8-10,12-13H,2-7,14H2,1H3. The van der Waals surface area contributed by atoms with Crippen molar-refractivity contribution in [1.29, 1.82) is 0 Å². The van der Waals surface area contributed by atoms with Crippen molar-refractivity contribution in [2.75, 3.05) is 7.11 Å². The molecule has 1 aromatic heterocycles. The first-order chi connectivity index (χ1) is 8.31. The second kappa shape index (κ2) is 6.47. The van der Waals surface area contributed by atoms with Gasteiger partial charge in [-0.2, -0.15) is 0 Å². The fraction of sp³-hybridized carbons (Fsp3) is 0.769. The van der Waals surface area contributed by atoms with E-state index in [1.807, 2.05) is 11.7 Å². The fourth-order valence-corrected chi connectivity index (χ4v) is 3.54. The van der Waals surface area contributed by atoms with Crippen LogP contribution in [0.5, 0.6) is 0 Å². The number of thiazole rings is 1. The van der Waals surface area contributed by atoms with Crippen LogP contribution in [0.4, 0.5) is 0 Å². The van der Waals surface area contributed by atoms with Gasteiger partial charge in [0.25, 0.3) is 0 Å². The third kappa shape index (κ3) is 3.50. The molecule has 96 valence electrons. The minimum Gasteiger partial charge on any atom is -0.380 e. The molecule has 2 unspecified atom stereocenters. The van der Waals surface area contributed by atoms with Gasteiger partial charge in [-0.1, -0.05) is 19.3 Å². The lowest BCUT2D eigenvalue weighted by molar-refractivity contribution is 0.0180. The zero-order valence-electron chi connectivity index (χ0n) is 10.5. The quantitative estimate of drug-likeness (QED) is 0.878. The highest BCUT2D eigenvalue weighted by molar-refractivity contribution is 7.09. The number of nitrogens with two attached hydrogens (primary N) is 1. The van der Waals surface area contributed by atoms with Crippen molar-refractivity contribution in [3.05, 3.63) is 16.6 Å². The topological polar surface area (TPSA) is 48.1 Å². The van der Waals surface area contributed by atoms with Crippen LogP contribution in [-0.4, -0.2) is 24.2 Å². The molecule has 3 nitrogen and oxygen atoms in total. The van der Waals surface area contributed by atoms with Gasteiger partial charge in [0.05, 0.1) is 11.6 Å². The highest BCUT2D eigenvalue weighted by Crippen LogP contribution is 2.29. The number of aromatic nitrogens is 1. The third-order valence-electron chi connectivity index (χ3n) is 3.73. The Hall–Kier alpha value is -0.450. The van der Waals surface area contributed by atoms with E-state index >= 15 is 0 Å². The van der Waals surface area contributed by atoms with Crippen molar-refractivity contribution < 1.29 is 4.74 Å². The molecule has 0 radical (unpaired) electrons. The van der Waals surface area contributed by atoms with Crippen LogP contribution in [0.15, 0.2) is 11.7 Å². The van der Waals surface area contributed by atoms with Crippen molar-refractivity contribution in [2.24, 2.45) is 11.7 Å². The summed E-state index contributed by atoms with van der Waals surface area (Å²) < 4.78 is 5.66. The van der Waals surface area contributed by atoms with Crippen molar-refractivity contribution >= 4 is 11.3 Å². The van der Waals surface area contributed by atoms with E-state index in [1.165, 1.54) is 37.0 Å². The summed E-state index contributed by atoms with van der Waals surface area (Å²) in [7, 11) is 1.80. The molecule has 4 heteroatoms. The summed E-state index contributed by atoms with van der Waals surface area (Å²) in [5.74, 6) is 0.650. The van der Waals surface area contributed by atoms with Gasteiger partial charge in [0, 0.05) is 30.6 Å². The van der Waals surface area contributed by atoms with E-state index in [0.29, 0.717) is 5.92 Å². The maximum atomic E-state index is 6.30. The lowest BCUT2D eigenvalue weighted by atomic mass is 9.82. The summed E-state index contributed by atoms with van der Waals surface area (Å²) in [5, 5.41) is 0. The number of rotatable bonds is 5. The molecule has 1 heterocycles. The Bertz CT molecular complexity index is 309. The minimum atomic E-state index is 0.101. The molecular weight excluding hydrogens is 232 g/mol. The van der Waals surface area contributed by atoms with Crippen molar-refractivity contribution in [1.82, 2.24) is 4.98 Å². The molecular formula is C13H22N2OS. The molecule has 0 aromatic carbocycles. The van der Waals surface area contributed by atoms with Gasteiger partial charge in [0.15, 0.2) is 0 Å². The molecule has 0 saturated heterocycles. The maximum absolute atomic E-state index is 6.30. The summed E-state index contributed by atoms with van der Waals surface area (Å²) in [6.07, 6.45) is 9.59. The Labute approximate surface area is 107 Å². The maximum Gasteiger partial charge on any atom is 0.0794 e. The van der Waals surface area contributed by atoms with Crippen molar-refractivity contribution in [3.63, 3.8) is 0 Å². The molecule has 1 aliphatic carbocycles. The Balaban J connectivity index is 1.92. The zero-order chi connectivity index (χ0) is 12.1. The highest BCUT2D eigenvalue weighted by atomic mass is 32.1. The van der Waals surface area contributed by atoms with Crippen LogP contribution in [-0.2, 0) is 11.2 Å². The fourth-order valence-electron chi connectivity index (χ4n) is 2.87. The average Bonchev–Trinajstić information content (AvgIpc) is 2.84. The van der Waals surface area contributed by atoms with Crippen LogP contribution in [0, 0.1) is 5.92 Å². The molecule has 1 fully saturated rings. The molecule has 1 saturated carbocycles. The van der Waals surface area contributed by atoms with Gasteiger partial charge < -0.3 is 10.5 Å². The van der Waals surface area contributed by atoms with Gasteiger partial charge in [-0.15, -0.1) is 11.3 Å². The smallest absolute Gasteiger partial charge is 0.0794 e. The van der Waals surface area contributed by atoms with Crippen molar-refractivity contribution in [2.45, 2.75) is 50.7 Å². The lowest BCUT2D eigenvalue weighted by Crippen LogP contribution is -2.43. The van der Waals surface area contributed by atoms with Gasteiger partial charge in [-0.25, -0.2) is 0 Å². The molecule has 2 N–H and O–H groups in total. The van der Waals surface area contributed by atoms with Gasteiger partial charge in [0.1, 0.15) is 0 Å². The monoisotopic (exact) mass is 254 g/mol. The Morgan fingerprint density at radius 2 is 2.24 bits per heavy atom. The first-order valence-electron chi connectivity index (χ1n) is 6.47. The number of hydrogen-bond acceptors (Lipinski definition) is 4. The average molecular weight is 254 g/mol. The van der Waals surface area contributed by atoms with Crippen LogP contribution >= 0.6 is 11.3 Å². The van der Waals surface area contributed by atoms with Crippen LogP contribution < -0.4 is 5.73 Å². The molecule has 1 aromatic rings. The lowest BCUT2D eigenvalue weighted by Gasteiger charge is -2.33. The molecule has 0 aliphatic heterocycles.